The third-order valence-electron chi connectivity index (χ3n) is 5.10. The highest BCUT2D eigenvalue weighted by Gasteiger charge is 2.42. The Hall–Kier alpha value is -2.27. The summed E-state index contributed by atoms with van der Waals surface area (Å²) in [5, 5.41) is 0. The van der Waals surface area contributed by atoms with Crippen molar-refractivity contribution in [3.05, 3.63) is 66.2 Å². The van der Waals surface area contributed by atoms with Crippen LogP contribution in [0.5, 0.6) is 5.75 Å². The predicted octanol–water partition coefficient (Wildman–Crippen LogP) is 4.45. The van der Waals surface area contributed by atoms with E-state index in [1.54, 1.807) is 16.4 Å². The second-order valence-electron chi connectivity index (χ2n) is 6.93. The van der Waals surface area contributed by atoms with E-state index >= 15 is 0 Å². The van der Waals surface area contributed by atoms with E-state index in [1.165, 1.54) is 0 Å². The Morgan fingerprint density at radius 3 is 2.42 bits per heavy atom. The fraction of sp³-hybridized carbons (Fsp3) is 0.333. The first-order chi connectivity index (χ1) is 12.6. The number of anilines is 1. The van der Waals surface area contributed by atoms with Crippen LogP contribution >= 0.6 is 0 Å². The summed E-state index contributed by atoms with van der Waals surface area (Å²) in [6.07, 6.45) is 7.51. The SMILES string of the molecule is Cc1ccc(S(=O)(=O)N2c3ccccc3O[C@H]3CC/C=C\CC[C@@H]32)cc1. The van der Waals surface area contributed by atoms with Crippen molar-refractivity contribution < 1.29 is 13.2 Å². The quantitative estimate of drug-likeness (QED) is 0.735. The first-order valence-corrected chi connectivity index (χ1v) is 10.5. The largest absolute Gasteiger partial charge is 0.486 e. The molecule has 136 valence electrons. The molecule has 0 radical (unpaired) electrons. The lowest BCUT2D eigenvalue weighted by molar-refractivity contribution is 0.146. The summed E-state index contributed by atoms with van der Waals surface area (Å²) in [7, 11) is -3.66. The normalized spacial score (nSPS) is 23.8. The lowest BCUT2D eigenvalue weighted by Gasteiger charge is -2.43. The lowest BCUT2D eigenvalue weighted by atomic mass is 9.96. The zero-order valence-electron chi connectivity index (χ0n) is 14.8. The maximum atomic E-state index is 13.6. The van der Waals surface area contributed by atoms with Crippen molar-refractivity contribution in [3.63, 3.8) is 0 Å². The molecule has 0 aromatic heterocycles. The van der Waals surface area contributed by atoms with Crippen LogP contribution in [-0.4, -0.2) is 20.6 Å². The van der Waals surface area contributed by atoms with E-state index < -0.39 is 10.0 Å². The first kappa shape index (κ1) is 17.2. The van der Waals surface area contributed by atoms with Gasteiger partial charge in [-0.15, -0.1) is 0 Å². The highest BCUT2D eigenvalue weighted by Crippen LogP contribution is 2.42. The average Bonchev–Trinajstić information content (AvgIpc) is 2.61. The maximum absolute atomic E-state index is 13.6. The number of hydrogen-bond acceptors (Lipinski definition) is 3. The van der Waals surface area contributed by atoms with Gasteiger partial charge in [-0.3, -0.25) is 4.31 Å². The van der Waals surface area contributed by atoms with Crippen LogP contribution in [0.15, 0.2) is 65.6 Å². The molecule has 2 aromatic carbocycles. The van der Waals surface area contributed by atoms with Crippen LogP contribution in [-0.2, 0) is 10.0 Å². The minimum Gasteiger partial charge on any atom is -0.486 e. The Kier molecular flexibility index (Phi) is 4.49. The highest BCUT2D eigenvalue weighted by molar-refractivity contribution is 7.92. The van der Waals surface area contributed by atoms with Crippen molar-refractivity contribution in [1.29, 1.82) is 0 Å². The van der Waals surface area contributed by atoms with Crippen LogP contribution in [0.2, 0.25) is 0 Å². The van der Waals surface area contributed by atoms with E-state index in [4.69, 9.17) is 4.74 Å². The molecule has 0 N–H and O–H groups in total. The predicted molar refractivity (Wildman–Crippen MR) is 103 cm³/mol. The fourth-order valence-corrected chi connectivity index (χ4v) is 5.47. The van der Waals surface area contributed by atoms with E-state index in [2.05, 4.69) is 12.2 Å². The summed E-state index contributed by atoms with van der Waals surface area (Å²) >= 11 is 0. The van der Waals surface area contributed by atoms with Crippen LogP contribution in [0.3, 0.4) is 0 Å². The molecule has 2 aliphatic rings. The van der Waals surface area contributed by atoms with E-state index in [0.29, 0.717) is 16.3 Å². The molecular weight excluding hydrogens is 346 g/mol. The molecule has 1 aliphatic carbocycles. The van der Waals surface area contributed by atoms with Gasteiger partial charge in [-0.25, -0.2) is 8.42 Å². The Morgan fingerprint density at radius 2 is 1.65 bits per heavy atom. The molecular formula is C21H23NO3S. The van der Waals surface area contributed by atoms with Gasteiger partial charge in [-0.1, -0.05) is 42.0 Å². The van der Waals surface area contributed by atoms with Crippen molar-refractivity contribution in [3.8, 4) is 5.75 Å². The van der Waals surface area contributed by atoms with E-state index in [1.807, 2.05) is 43.3 Å². The minimum atomic E-state index is -3.66. The second kappa shape index (κ2) is 6.80. The number of hydrogen-bond donors (Lipinski definition) is 0. The molecule has 2 aromatic rings. The Morgan fingerprint density at radius 1 is 0.962 bits per heavy atom. The molecule has 0 bridgehead atoms. The number of fused-ring (bicyclic) bond motifs is 2. The Balaban J connectivity index is 1.84. The van der Waals surface area contributed by atoms with E-state index in [-0.39, 0.29) is 12.1 Å². The number of allylic oxidation sites excluding steroid dienone is 2. The zero-order chi connectivity index (χ0) is 18.1. The zero-order valence-corrected chi connectivity index (χ0v) is 15.7. The van der Waals surface area contributed by atoms with Gasteiger partial charge in [0.25, 0.3) is 10.0 Å². The molecule has 26 heavy (non-hydrogen) atoms. The molecule has 0 fully saturated rings. The standard InChI is InChI=1S/C21H23NO3S/c1-16-12-14-17(15-13-16)26(23,24)22-18-8-4-2-3-5-10-20(18)25-21-11-7-6-9-19(21)22/h2-3,6-7,9,11-15,18,20H,4-5,8,10H2,1H3/b3-2-/t18-,20-/m0/s1. The fourth-order valence-electron chi connectivity index (χ4n) is 3.76. The van der Waals surface area contributed by atoms with Gasteiger partial charge in [0.1, 0.15) is 11.9 Å². The maximum Gasteiger partial charge on any atom is 0.264 e. The molecule has 4 rings (SSSR count). The summed E-state index contributed by atoms with van der Waals surface area (Å²) in [5.74, 6) is 0.647. The van der Waals surface area contributed by atoms with Crippen LogP contribution in [0.1, 0.15) is 31.2 Å². The Labute approximate surface area is 155 Å². The van der Waals surface area contributed by atoms with Gasteiger partial charge in [0.05, 0.1) is 16.6 Å². The monoisotopic (exact) mass is 369 g/mol. The average molecular weight is 369 g/mol. The number of aryl methyl sites for hydroxylation is 1. The molecule has 2 atom stereocenters. The summed E-state index contributed by atoms with van der Waals surface area (Å²) in [6.45, 7) is 1.96. The topological polar surface area (TPSA) is 46.6 Å². The highest BCUT2D eigenvalue weighted by atomic mass is 32.2. The summed E-state index contributed by atoms with van der Waals surface area (Å²) in [6, 6.07) is 14.3. The van der Waals surface area contributed by atoms with Gasteiger partial charge >= 0.3 is 0 Å². The molecule has 4 nitrogen and oxygen atoms in total. The Bertz CT molecular complexity index is 919. The van der Waals surface area contributed by atoms with Gasteiger partial charge in [0.15, 0.2) is 0 Å². The van der Waals surface area contributed by atoms with Gasteiger partial charge in [0.2, 0.25) is 0 Å². The number of para-hydroxylation sites is 2. The van der Waals surface area contributed by atoms with Crippen LogP contribution in [0.25, 0.3) is 0 Å². The molecule has 5 heteroatoms. The lowest BCUT2D eigenvalue weighted by Crippen LogP contribution is -2.52. The molecule has 1 aliphatic heterocycles. The second-order valence-corrected chi connectivity index (χ2v) is 8.75. The van der Waals surface area contributed by atoms with Gasteiger partial charge in [-0.2, -0.15) is 0 Å². The van der Waals surface area contributed by atoms with E-state index in [0.717, 1.165) is 31.2 Å². The third kappa shape index (κ3) is 3.01. The summed E-state index contributed by atoms with van der Waals surface area (Å²) in [5.41, 5.74) is 1.68. The number of ether oxygens (including phenoxy) is 1. The van der Waals surface area contributed by atoms with Crippen LogP contribution in [0, 0.1) is 6.92 Å². The van der Waals surface area contributed by atoms with Crippen molar-refractivity contribution >= 4 is 15.7 Å². The molecule has 0 unspecified atom stereocenters. The molecule has 0 saturated heterocycles. The van der Waals surface area contributed by atoms with Crippen molar-refractivity contribution in [2.45, 2.75) is 49.6 Å². The minimum absolute atomic E-state index is 0.130. The third-order valence-corrected chi connectivity index (χ3v) is 6.96. The van der Waals surface area contributed by atoms with Gasteiger partial charge in [-0.05, 0) is 56.9 Å². The molecule has 1 heterocycles. The van der Waals surface area contributed by atoms with Gasteiger partial charge < -0.3 is 4.74 Å². The van der Waals surface area contributed by atoms with Crippen molar-refractivity contribution in [1.82, 2.24) is 0 Å². The summed E-state index contributed by atoms with van der Waals surface area (Å²) < 4.78 is 35.0. The van der Waals surface area contributed by atoms with Crippen LogP contribution in [0.4, 0.5) is 5.69 Å². The number of rotatable bonds is 2. The van der Waals surface area contributed by atoms with Crippen molar-refractivity contribution in [2.24, 2.45) is 0 Å². The number of sulfonamides is 1. The summed E-state index contributed by atoms with van der Waals surface area (Å²) in [4.78, 5) is 0.330. The van der Waals surface area contributed by atoms with Crippen LogP contribution < -0.4 is 9.04 Å². The van der Waals surface area contributed by atoms with Gasteiger partial charge in [0, 0.05) is 0 Å². The van der Waals surface area contributed by atoms with Crippen molar-refractivity contribution in [2.75, 3.05) is 4.31 Å². The number of benzene rings is 2. The number of nitrogens with zero attached hydrogens (tertiary/aromatic N) is 1. The first-order valence-electron chi connectivity index (χ1n) is 9.09. The van der Waals surface area contributed by atoms with E-state index in [9.17, 15) is 8.42 Å². The molecule has 0 saturated carbocycles. The molecule has 0 amide bonds. The molecule has 0 spiro atoms. The smallest absolute Gasteiger partial charge is 0.264 e.